The number of anilines is 2. The molecule has 0 fully saturated rings. The first kappa shape index (κ1) is 15.4. The Labute approximate surface area is 137 Å². The van der Waals surface area contributed by atoms with Crippen molar-refractivity contribution in [2.75, 3.05) is 11.5 Å². The monoisotopic (exact) mass is 324 g/mol. The number of benzene rings is 3. The molecule has 0 aliphatic heterocycles. The average molecular weight is 324 g/mol. The molecule has 0 saturated carbocycles. The smallest absolute Gasteiger partial charge is 0.185 e. The van der Waals surface area contributed by atoms with Gasteiger partial charge in [0.1, 0.15) is 5.69 Å². The predicted molar refractivity (Wildman–Crippen MR) is 92.8 cm³/mol. The fraction of sp³-hybridized carbons (Fsp3) is 0. The Morgan fingerprint density at radius 2 is 0.875 bits per heavy atom. The molecule has 0 heterocycles. The molecule has 0 spiro atoms. The van der Waals surface area contributed by atoms with Crippen molar-refractivity contribution >= 4 is 11.4 Å². The second-order valence-electron chi connectivity index (χ2n) is 5.38. The first-order valence-electron chi connectivity index (χ1n) is 7.11. The normalized spacial score (nSPS) is 10.7. The molecule has 0 aliphatic carbocycles. The fourth-order valence-corrected chi connectivity index (χ4v) is 2.49. The maximum Gasteiger partial charge on any atom is 0.185 e. The van der Waals surface area contributed by atoms with E-state index in [1.54, 1.807) is 36.4 Å². The van der Waals surface area contributed by atoms with Crippen molar-refractivity contribution in [3.05, 3.63) is 48.5 Å². The van der Waals surface area contributed by atoms with Crippen LogP contribution in [0.3, 0.4) is 0 Å². The molecule has 0 atom stereocenters. The van der Waals surface area contributed by atoms with Gasteiger partial charge in [-0.15, -0.1) is 0 Å². The van der Waals surface area contributed by atoms with Gasteiger partial charge in [-0.05, 0) is 28.8 Å². The molecule has 6 nitrogen and oxygen atoms in total. The lowest BCUT2D eigenvalue weighted by Crippen LogP contribution is -1.91. The highest BCUT2D eigenvalue weighted by atomic mass is 16.3. The summed E-state index contributed by atoms with van der Waals surface area (Å²) in [6.07, 6.45) is 0. The zero-order valence-electron chi connectivity index (χ0n) is 12.6. The van der Waals surface area contributed by atoms with Gasteiger partial charge in [0.15, 0.2) is 23.0 Å². The molecule has 24 heavy (non-hydrogen) atoms. The minimum absolute atomic E-state index is 0.0944. The van der Waals surface area contributed by atoms with Crippen molar-refractivity contribution in [1.82, 2.24) is 0 Å². The van der Waals surface area contributed by atoms with Crippen LogP contribution in [0.4, 0.5) is 11.4 Å². The zero-order valence-corrected chi connectivity index (χ0v) is 12.6. The van der Waals surface area contributed by atoms with Gasteiger partial charge < -0.3 is 31.9 Å². The van der Waals surface area contributed by atoms with E-state index in [2.05, 4.69) is 0 Å². The second kappa shape index (κ2) is 5.58. The molecule has 122 valence electrons. The van der Waals surface area contributed by atoms with E-state index >= 15 is 0 Å². The van der Waals surface area contributed by atoms with E-state index in [4.69, 9.17) is 11.5 Å². The summed E-state index contributed by atoms with van der Waals surface area (Å²) in [6.45, 7) is 0. The minimum atomic E-state index is -0.678. The maximum atomic E-state index is 10.0. The highest BCUT2D eigenvalue weighted by molar-refractivity contribution is 5.88. The molecule has 0 unspecified atom stereocenters. The van der Waals surface area contributed by atoms with Gasteiger partial charge in [0.05, 0.1) is 5.56 Å². The third kappa shape index (κ3) is 2.40. The number of hydrogen-bond donors (Lipinski definition) is 6. The third-order valence-corrected chi connectivity index (χ3v) is 3.85. The van der Waals surface area contributed by atoms with Gasteiger partial charge in [0, 0.05) is 5.69 Å². The molecule has 0 amide bonds. The third-order valence-electron chi connectivity index (χ3n) is 3.85. The van der Waals surface area contributed by atoms with Gasteiger partial charge in [-0.25, -0.2) is 0 Å². The SMILES string of the molecule is Nc1ccc(-c2ccc(-c3c(O)c(O)c(N)c(O)c3O)cc2)cc1. The largest absolute Gasteiger partial charge is 0.504 e. The Bertz CT molecular complexity index is 875. The van der Waals surface area contributed by atoms with E-state index in [1.165, 1.54) is 0 Å². The Morgan fingerprint density at radius 1 is 0.500 bits per heavy atom. The highest BCUT2D eigenvalue weighted by Crippen LogP contribution is 2.52. The quantitative estimate of drug-likeness (QED) is 0.244. The molecule has 0 radical (unpaired) electrons. The van der Waals surface area contributed by atoms with Crippen LogP contribution >= 0.6 is 0 Å². The molecular weight excluding hydrogens is 308 g/mol. The van der Waals surface area contributed by atoms with Crippen LogP contribution in [0.25, 0.3) is 22.3 Å². The van der Waals surface area contributed by atoms with Crippen LogP contribution in [0.1, 0.15) is 0 Å². The standard InChI is InChI=1S/C18H16N2O4/c19-12-7-5-10(6-8-12)9-1-3-11(4-2-9)13-15(21)17(23)14(20)18(24)16(13)22/h1-8,21-24H,19-20H2. The van der Waals surface area contributed by atoms with E-state index < -0.39 is 28.7 Å². The first-order valence-corrected chi connectivity index (χ1v) is 7.11. The lowest BCUT2D eigenvalue weighted by molar-refractivity contribution is 0.379. The molecule has 3 aromatic rings. The van der Waals surface area contributed by atoms with Crippen LogP contribution < -0.4 is 11.5 Å². The number of nitrogen functional groups attached to an aromatic ring is 2. The summed E-state index contributed by atoms with van der Waals surface area (Å²) in [4.78, 5) is 0. The van der Waals surface area contributed by atoms with E-state index in [0.717, 1.165) is 11.1 Å². The van der Waals surface area contributed by atoms with Crippen molar-refractivity contribution in [3.63, 3.8) is 0 Å². The van der Waals surface area contributed by atoms with E-state index in [0.29, 0.717) is 11.3 Å². The Balaban J connectivity index is 2.08. The minimum Gasteiger partial charge on any atom is -0.504 e. The lowest BCUT2D eigenvalue weighted by Gasteiger charge is -2.13. The molecule has 8 N–H and O–H groups in total. The molecule has 0 aromatic heterocycles. The summed E-state index contributed by atoms with van der Waals surface area (Å²) in [5.74, 6) is -2.54. The van der Waals surface area contributed by atoms with Gasteiger partial charge >= 0.3 is 0 Å². The molecule has 6 heteroatoms. The van der Waals surface area contributed by atoms with Crippen LogP contribution in [-0.2, 0) is 0 Å². The average Bonchev–Trinajstić information content (AvgIpc) is 2.60. The summed E-state index contributed by atoms with van der Waals surface area (Å²) in [5.41, 5.74) is 13.4. The van der Waals surface area contributed by atoms with Crippen LogP contribution in [-0.4, -0.2) is 20.4 Å². The van der Waals surface area contributed by atoms with Crippen molar-refractivity contribution in [2.45, 2.75) is 0 Å². The molecular formula is C18H16N2O4. The number of rotatable bonds is 2. The van der Waals surface area contributed by atoms with Crippen LogP contribution in [0.5, 0.6) is 23.0 Å². The maximum absolute atomic E-state index is 10.0. The fourth-order valence-electron chi connectivity index (χ4n) is 2.49. The van der Waals surface area contributed by atoms with Gasteiger partial charge in [-0.2, -0.15) is 0 Å². The molecule has 0 bridgehead atoms. The summed E-state index contributed by atoms with van der Waals surface area (Å²) in [6, 6.07) is 14.2. The summed E-state index contributed by atoms with van der Waals surface area (Å²) < 4.78 is 0. The molecule has 3 rings (SSSR count). The van der Waals surface area contributed by atoms with Crippen molar-refractivity contribution in [2.24, 2.45) is 0 Å². The Morgan fingerprint density at radius 3 is 1.33 bits per heavy atom. The topological polar surface area (TPSA) is 133 Å². The molecule has 0 saturated heterocycles. The summed E-state index contributed by atoms with van der Waals surface area (Å²) in [7, 11) is 0. The molecule has 0 aliphatic rings. The summed E-state index contributed by atoms with van der Waals surface area (Å²) >= 11 is 0. The van der Waals surface area contributed by atoms with Gasteiger partial charge in [-0.3, -0.25) is 0 Å². The number of nitrogens with two attached hydrogens (primary N) is 2. The zero-order chi connectivity index (χ0) is 17.4. The van der Waals surface area contributed by atoms with Crippen LogP contribution in [0, 0.1) is 0 Å². The highest BCUT2D eigenvalue weighted by Gasteiger charge is 2.22. The van der Waals surface area contributed by atoms with Gasteiger partial charge in [0.25, 0.3) is 0 Å². The van der Waals surface area contributed by atoms with Crippen molar-refractivity contribution in [1.29, 1.82) is 0 Å². The number of aromatic hydroxyl groups is 4. The van der Waals surface area contributed by atoms with Crippen molar-refractivity contribution in [3.8, 4) is 45.3 Å². The number of phenolic OH excluding ortho intramolecular Hbond substituents is 4. The second-order valence-corrected chi connectivity index (χ2v) is 5.38. The van der Waals surface area contributed by atoms with Crippen molar-refractivity contribution < 1.29 is 20.4 Å². The van der Waals surface area contributed by atoms with Gasteiger partial charge in [0.2, 0.25) is 0 Å². The number of hydrogen-bond acceptors (Lipinski definition) is 6. The van der Waals surface area contributed by atoms with Gasteiger partial charge in [-0.1, -0.05) is 36.4 Å². The summed E-state index contributed by atoms with van der Waals surface area (Å²) in [5, 5.41) is 39.6. The van der Waals surface area contributed by atoms with E-state index in [-0.39, 0.29) is 5.56 Å². The first-order chi connectivity index (χ1) is 11.4. The Kier molecular flexibility index (Phi) is 3.57. The van der Waals surface area contributed by atoms with Crippen LogP contribution in [0.15, 0.2) is 48.5 Å². The van der Waals surface area contributed by atoms with Crippen LogP contribution in [0.2, 0.25) is 0 Å². The molecule has 3 aromatic carbocycles. The Hall–Kier alpha value is -3.54. The van der Waals surface area contributed by atoms with E-state index in [9.17, 15) is 20.4 Å². The van der Waals surface area contributed by atoms with E-state index in [1.807, 2.05) is 12.1 Å². The number of phenols is 4. The predicted octanol–water partition coefficient (Wildman–Crippen LogP) is 3.01. The lowest BCUT2D eigenvalue weighted by atomic mass is 9.98.